The van der Waals surface area contributed by atoms with Crippen LogP contribution in [0, 0.1) is 0 Å². The molecule has 1 aliphatic carbocycles. The van der Waals surface area contributed by atoms with Crippen LogP contribution in [0.25, 0.3) is 0 Å². The summed E-state index contributed by atoms with van der Waals surface area (Å²) in [5, 5.41) is 64.4. The molecule has 1 saturated carbocycles. The topological polar surface area (TPSA) is 206 Å². The van der Waals surface area contributed by atoms with Crippen LogP contribution in [0.1, 0.15) is 309 Å². The van der Waals surface area contributed by atoms with Crippen LogP contribution in [-0.4, -0.2) is 96.8 Å². The average molecular weight is 1030 g/mol. The van der Waals surface area contributed by atoms with E-state index in [0.29, 0.717) is 19.3 Å². The van der Waals surface area contributed by atoms with Gasteiger partial charge >= 0.3 is 7.82 Å². The Bertz CT molecular complexity index is 1200. The molecule has 9 atom stereocenters. The number of phosphoric acid groups is 1. The van der Waals surface area contributed by atoms with Crippen molar-refractivity contribution in [2.75, 3.05) is 6.61 Å². The maximum absolute atomic E-state index is 13.0. The Morgan fingerprint density at radius 3 is 0.972 bits per heavy atom. The van der Waals surface area contributed by atoms with Crippen molar-refractivity contribution < 1.29 is 53.9 Å². The number of carbonyl (C=O) groups is 1. The third kappa shape index (κ3) is 38.5. The molecular formula is C58H116NO11P. The van der Waals surface area contributed by atoms with E-state index in [2.05, 4.69) is 19.2 Å². The Morgan fingerprint density at radius 2 is 0.676 bits per heavy atom. The monoisotopic (exact) mass is 1030 g/mol. The Balaban J connectivity index is 2.17. The van der Waals surface area contributed by atoms with Crippen molar-refractivity contribution in [2.45, 2.75) is 358 Å². The van der Waals surface area contributed by atoms with E-state index >= 15 is 0 Å². The first-order valence-electron chi connectivity index (χ1n) is 30.5. The second-order valence-corrected chi connectivity index (χ2v) is 23.3. The van der Waals surface area contributed by atoms with E-state index in [1.165, 1.54) is 231 Å². The highest BCUT2D eigenvalue weighted by molar-refractivity contribution is 7.47. The van der Waals surface area contributed by atoms with Crippen LogP contribution in [-0.2, 0) is 18.4 Å². The normalized spacial score (nSPS) is 21.1. The molecule has 0 aromatic carbocycles. The SMILES string of the molecule is CCCCCCCCCCCCCCCCCCCCCCCCCCCCCCCCCCC(=O)N[C@@H](COP(=O)(O)OC1C(O)C(O)C(O)[C@@H](O)C1O)[C@H](O)CCCCCCCCCCCCCC. The molecule has 1 amide bonds. The van der Waals surface area contributed by atoms with Crippen LogP contribution in [0.4, 0.5) is 0 Å². The molecule has 1 aliphatic rings. The van der Waals surface area contributed by atoms with Gasteiger partial charge in [0.25, 0.3) is 0 Å². The highest BCUT2D eigenvalue weighted by Gasteiger charge is 2.51. The second-order valence-electron chi connectivity index (χ2n) is 21.9. The number of phosphoric ester groups is 1. The molecule has 0 saturated heterocycles. The maximum Gasteiger partial charge on any atom is 0.472 e. The van der Waals surface area contributed by atoms with Gasteiger partial charge in [-0.1, -0.05) is 290 Å². The van der Waals surface area contributed by atoms with E-state index in [4.69, 9.17) is 9.05 Å². The lowest BCUT2D eigenvalue weighted by atomic mass is 9.85. The molecule has 0 aliphatic heterocycles. The van der Waals surface area contributed by atoms with Crippen LogP contribution >= 0.6 is 7.82 Å². The van der Waals surface area contributed by atoms with Gasteiger partial charge in [0, 0.05) is 6.42 Å². The smallest absolute Gasteiger partial charge is 0.391 e. The zero-order valence-electron chi connectivity index (χ0n) is 46.1. The molecule has 12 nitrogen and oxygen atoms in total. The highest BCUT2D eigenvalue weighted by Crippen LogP contribution is 2.47. The minimum Gasteiger partial charge on any atom is -0.391 e. The Morgan fingerprint density at radius 1 is 0.423 bits per heavy atom. The summed E-state index contributed by atoms with van der Waals surface area (Å²) in [6.45, 7) is 3.93. The first-order valence-corrected chi connectivity index (χ1v) is 32.0. The molecule has 13 heteroatoms. The van der Waals surface area contributed by atoms with Crippen molar-refractivity contribution in [3.63, 3.8) is 0 Å². The molecule has 0 aromatic heterocycles. The number of hydrogen-bond donors (Lipinski definition) is 8. The molecule has 0 bridgehead atoms. The van der Waals surface area contributed by atoms with Crippen LogP contribution in [0.15, 0.2) is 0 Å². The Hall–Kier alpha value is -0.660. The minimum absolute atomic E-state index is 0.243. The van der Waals surface area contributed by atoms with Gasteiger partial charge in [-0.15, -0.1) is 0 Å². The van der Waals surface area contributed by atoms with Crippen LogP contribution in [0.5, 0.6) is 0 Å². The average Bonchev–Trinajstić information content (AvgIpc) is 3.35. The molecule has 71 heavy (non-hydrogen) atoms. The molecule has 1 fully saturated rings. The molecule has 0 aromatic rings. The third-order valence-electron chi connectivity index (χ3n) is 15.2. The van der Waals surface area contributed by atoms with Gasteiger partial charge in [0.05, 0.1) is 18.8 Å². The molecule has 8 N–H and O–H groups in total. The van der Waals surface area contributed by atoms with Gasteiger partial charge in [0.2, 0.25) is 5.91 Å². The van der Waals surface area contributed by atoms with Crippen molar-refractivity contribution >= 4 is 13.7 Å². The predicted molar refractivity (Wildman–Crippen MR) is 292 cm³/mol. The van der Waals surface area contributed by atoms with Crippen molar-refractivity contribution in [1.29, 1.82) is 0 Å². The lowest BCUT2D eigenvalue weighted by Gasteiger charge is -2.41. The van der Waals surface area contributed by atoms with Crippen LogP contribution in [0.2, 0.25) is 0 Å². The highest BCUT2D eigenvalue weighted by atomic mass is 31.2. The first-order chi connectivity index (χ1) is 34.4. The summed E-state index contributed by atoms with van der Waals surface area (Å²) >= 11 is 0. The number of nitrogens with one attached hydrogen (secondary N) is 1. The van der Waals surface area contributed by atoms with Crippen molar-refractivity contribution in [3.8, 4) is 0 Å². The number of hydrogen-bond acceptors (Lipinski definition) is 10. The molecule has 0 heterocycles. The van der Waals surface area contributed by atoms with Gasteiger partial charge in [-0.2, -0.15) is 0 Å². The minimum atomic E-state index is -5.06. The van der Waals surface area contributed by atoms with Gasteiger partial charge in [-0.25, -0.2) is 4.57 Å². The Kier molecular flexibility index (Phi) is 46.0. The number of amides is 1. The van der Waals surface area contributed by atoms with Gasteiger partial charge in [-0.05, 0) is 12.8 Å². The van der Waals surface area contributed by atoms with Crippen LogP contribution < -0.4 is 5.32 Å². The van der Waals surface area contributed by atoms with Gasteiger partial charge in [0.1, 0.15) is 36.6 Å². The fourth-order valence-corrected chi connectivity index (χ4v) is 11.2. The Labute approximate surface area is 436 Å². The van der Waals surface area contributed by atoms with Crippen molar-refractivity contribution in [2.24, 2.45) is 0 Å². The van der Waals surface area contributed by atoms with Crippen molar-refractivity contribution in [3.05, 3.63) is 0 Å². The summed E-state index contributed by atoms with van der Waals surface area (Å²) in [6.07, 6.45) is 44.6. The quantitative estimate of drug-likeness (QED) is 0.0212. The van der Waals surface area contributed by atoms with E-state index in [9.17, 15) is 44.9 Å². The van der Waals surface area contributed by atoms with E-state index in [1.54, 1.807) is 0 Å². The number of unbranched alkanes of at least 4 members (excludes halogenated alkanes) is 42. The molecule has 0 radical (unpaired) electrons. The summed E-state index contributed by atoms with van der Waals surface area (Å²) in [5.74, 6) is -0.301. The zero-order chi connectivity index (χ0) is 52.1. The number of carbonyl (C=O) groups excluding carboxylic acids is 1. The number of aliphatic hydroxyl groups excluding tert-OH is 6. The molecular weight excluding hydrogens is 918 g/mol. The maximum atomic E-state index is 13.0. The van der Waals surface area contributed by atoms with Crippen LogP contribution in [0.3, 0.4) is 0 Å². The molecule has 1 rings (SSSR count). The summed E-state index contributed by atoms with van der Waals surface area (Å²) in [4.78, 5) is 23.5. The van der Waals surface area contributed by atoms with Gasteiger partial charge in [0.15, 0.2) is 0 Å². The predicted octanol–water partition coefficient (Wildman–Crippen LogP) is 14.1. The van der Waals surface area contributed by atoms with E-state index in [0.717, 1.165) is 38.5 Å². The van der Waals surface area contributed by atoms with E-state index in [1.807, 2.05) is 0 Å². The zero-order valence-corrected chi connectivity index (χ0v) is 47.0. The summed E-state index contributed by atoms with van der Waals surface area (Å²) in [5.41, 5.74) is 0. The van der Waals surface area contributed by atoms with E-state index < -0.39 is 63.2 Å². The van der Waals surface area contributed by atoms with Gasteiger partial charge < -0.3 is 40.8 Å². The fraction of sp³-hybridized carbons (Fsp3) is 0.983. The summed E-state index contributed by atoms with van der Waals surface area (Å²) in [6, 6.07) is -1.03. The van der Waals surface area contributed by atoms with E-state index in [-0.39, 0.29) is 12.3 Å². The molecule has 0 spiro atoms. The van der Waals surface area contributed by atoms with Gasteiger partial charge in [-0.3, -0.25) is 13.8 Å². The summed E-state index contributed by atoms with van der Waals surface area (Å²) < 4.78 is 23.1. The standard InChI is InChI=1S/C58H116NO11P/c1-3-5-7-9-11-13-15-17-18-19-20-21-22-23-24-25-26-27-28-29-30-31-32-33-34-35-36-38-40-42-44-46-48-52(61)59-50(51(60)47-45-43-41-39-37-16-14-12-10-8-6-4-2)49-69-71(67,68)70-58-56(65)54(63)53(62)55(64)57(58)66/h50-51,53-58,60,62-66H,3-49H2,1-2H3,(H,59,61)(H,67,68)/t50-,51+,53?,54+,55?,56?,57?,58?/m0/s1. The lowest BCUT2D eigenvalue weighted by molar-refractivity contribution is -0.220. The number of aliphatic hydroxyl groups is 6. The molecule has 6 unspecified atom stereocenters. The van der Waals surface area contributed by atoms with Crippen molar-refractivity contribution in [1.82, 2.24) is 5.32 Å². The fourth-order valence-electron chi connectivity index (χ4n) is 10.3. The second kappa shape index (κ2) is 47.8. The first kappa shape index (κ1) is 68.4. The molecule has 424 valence electrons. The summed E-state index contributed by atoms with van der Waals surface area (Å²) in [7, 11) is -5.06. The lowest BCUT2D eigenvalue weighted by Crippen LogP contribution is -2.64. The number of rotatable bonds is 53. The largest absolute Gasteiger partial charge is 0.472 e. The third-order valence-corrected chi connectivity index (χ3v) is 16.2.